The van der Waals surface area contributed by atoms with Crippen LogP contribution in [0, 0.1) is 0 Å². The van der Waals surface area contributed by atoms with Crippen molar-refractivity contribution in [1.82, 2.24) is 0 Å². The summed E-state index contributed by atoms with van der Waals surface area (Å²) in [6, 6.07) is 0. The second kappa shape index (κ2) is 8.31. The molecule has 0 aliphatic heterocycles. The van der Waals surface area contributed by atoms with Crippen molar-refractivity contribution in [2.45, 2.75) is 64.2 Å². The Balaban J connectivity index is 0.000001000. The lowest BCUT2D eigenvalue weighted by Crippen LogP contribution is -1.85. The zero-order valence-corrected chi connectivity index (χ0v) is 7.07. The van der Waals surface area contributed by atoms with E-state index in [2.05, 4.69) is 0 Å². The molecule has 0 aromatic carbocycles. The summed E-state index contributed by atoms with van der Waals surface area (Å²) in [5.41, 5.74) is 0. The summed E-state index contributed by atoms with van der Waals surface area (Å²) < 4.78 is 0. The van der Waals surface area contributed by atoms with E-state index in [4.69, 9.17) is 0 Å². The molecule has 0 unspecified atom stereocenters. The Morgan fingerprint density at radius 3 is 0.455 bits per heavy atom. The maximum absolute atomic E-state index is 1.50. The van der Waals surface area contributed by atoms with E-state index < -0.39 is 0 Å². The topological polar surface area (TPSA) is 0 Å². The van der Waals surface area contributed by atoms with Crippen molar-refractivity contribution in [2.24, 2.45) is 0 Å². The quantitative estimate of drug-likeness (QED) is 0.492. The average molecular weight is 172 g/mol. The van der Waals surface area contributed by atoms with E-state index in [0.717, 1.165) is 0 Å². The van der Waals surface area contributed by atoms with E-state index in [0.29, 0.717) is 0 Å². The Morgan fingerprint density at radius 1 is 0.273 bits per heavy atom. The molecular weight excluding hydrogens is 148 g/mol. The molecule has 0 radical (unpaired) electrons. The molecule has 68 valence electrons. The monoisotopic (exact) mass is 172 g/mol. The lowest BCUT2D eigenvalue weighted by atomic mass is 10.0. The van der Waals surface area contributed by atoms with Gasteiger partial charge in [-0.05, 0) is 11.0 Å². The first-order valence-electron chi connectivity index (χ1n) is 5.00. The van der Waals surface area contributed by atoms with Crippen LogP contribution in [0.15, 0.2) is 0 Å². The first-order valence-corrected chi connectivity index (χ1v) is 5.00. The molecule has 0 atom stereocenters. The number of hydrogen-bond acceptors (Lipinski definition) is 0. The number of rotatable bonds is 0. The highest BCUT2D eigenvalue weighted by molar-refractivity contribution is 5.75. The van der Waals surface area contributed by atoms with Gasteiger partial charge in [0.2, 0.25) is 0 Å². The lowest BCUT2D eigenvalue weighted by Gasteiger charge is -2.05. The fraction of sp³-hybridized carbons (Fsp3) is 1.00. The highest BCUT2D eigenvalue weighted by Crippen LogP contribution is 2.15. The highest BCUT2D eigenvalue weighted by Gasteiger charge is 1.95. The summed E-state index contributed by atoms with van der Waals surface area (Å²) in [6.07, 6.45) is 15.0. The van der Waals surface area contributed by atoms with Crippen LogP contribution in [0.25, 0.3) is 0 Å². The molecular formula is C10H24Si. The van der Waals surface area contributed by atoms with Crippen LogP contribution in [-0.2, 0) is 0 Å². The van der Waals surface area contributed by atoms with Crippen LogP contribution in [0.3, 0.4) is 0 Å². The van der Waals surface area contributed by atoms with Crippen LogP contribution >= 0.6 is 0 Å². The molecule has 1 heteroatoms. The molecule has 1 rings (SSSR count). The average Bonchev–Trinajstić information content (AvgIpc) is 2.01. The predicted octanol–water partition coefficient (Wildman–Crippen LogP) is 2.45. The molecule has 1 saturated carbocycles. The van der Waals surface area contributed by atoms with E-state index in [1.165, 1.54) is 64.2 Å². The summed E-state index contributed by atoms with van der Waals surface area (Å²) in [7, 11) is 0. The van der Waals surface area contributed by atoms with Gasteiger partial charge in [0.1, 0.15) is 0 Å². The smallest absolute Gasteiger partial charge is 0.0149 e. The zero-order valence-electron chi connectivity index (χ0n) is 7.07. The fourth-order valence-electron chi connectivity index (χ4n) is 1.77. The van der Waals surface area contributed by atoms with Gasteiger partial charge in [-0.25, -0.2) is 0 Å². The first-order chi connectivity index (χ1) is 5.00. The minimum Gasteiger partial charge on any atom is -0.0533 e. The highest BCUT2D eigenvalue weighted by atomic mass is 28.1. The second-order valence-electron chi connectivity index (χ2n) is 3.54. The first kappa shape index (κ1) is 11.2. The third-order valence-electron chi connectivity index (χ3n) is 2.50. The predicted molar refractivity (Wildman–Crippen MR) is 57.5 cm³/mol. The van der Waals surface area contributed by atoms with Crippen molar-refractivity contribution >= 4 is 11.0 Å². The lowest BCUT2D eigenvalue weighted by molar-refractivity contribution is 0.504. The van der Waals surface area contributed by atoms with E-state index >= 15 is 0 Å². The summed E-state index contributed by atoms with van der Waals surface area (Å²) in [5, 5.41) is 0. The van der Waals surface area contributed by atoms with Gasteiger partial charge >= 0.3 is 0 Å². The molecule has 0 aromatic heterocycles. The van der Waals surface area contributed by atoms with E-state index in [9.17, 15) is 0 Å². The normalized spacial score (nSPS) is 21.8. The molecule has 0 bridgehead atoms. The SMILES string of the molecule is C1CCCCCCCCC1.[SiH4]. The molecule has 1 aliphatic rings. The van der Waals surface area contributed by atoms with E-state index in [1.807, 2.05) is 0 Å². The Kier molecular flexibility index (Phi) is 8.48. The van der Waals surface area contributed by atoms with Gasteiger partial charge in [-0.2, -0.15) is 0 Å². The summed E-state index contributed by atoms with van der Waals surface area (Å²) in [6.45, 7) is 0. The Hall–Kier alpha value is 0.217. The van der Waals surface area contributed by atoms with Gasteiger partial charge < -0.3 is 0 Å². The summed E-state index contributed by atoms with van der Waals surface area (Å²) >= 11 is 0. The molecule has 0 saturated heterocycles. The minimum atomic E-state index is 0. The molecule has 11 heavy (non-hydrogen) atoms. The van der Waals surface area contributed by atoms with Crippen LogP contribution in [0.5, 0.6) is 0 Å². The van der Waals surface area contributed by atoms with Gasteiger partial charge in [-0.1, -0.05) is 64.2 Å². The van der Waals surface area contributed by atoms with Crippen molar-refractivity contribution in [1.29, 1.82) is 0 Å². The standard InChI is InChI=1S/C10H20.H4Si/c1-2-4-6-8-10-9-7-5-3-1;/h1-10H2;1H4. The van der Waals surface area contributed by atoms with Gasteiger partial charge in [0.05, 0.1) is 0 Å². The molecule has 0 spiro atoms. The van der Waals surface area contributed by atoms with Gasteiger partial charge in [0, 0.05) is 0 Å². The zero-order chi connectivity index (χ0) is 7.07. The van der Waals surface area contributed by atoms with Gasteiger partial charge in [0.25, 0.3) is 0 Å². The van der Waals surface area contributed by atoms with Crippen molar-refractivity contribution in [2.75, 3.05) is 0 Å². The molecule has 0 N–H and O–H groups in total. The third kappa shape index (κ3) is 6.61. The van der Waals surface area contributed by atoms with Crippen LogP contribution in [0.2, 0.25) is 0 Å². The molecule has 0 aromatic rings. The van der Waals surface area contributed by atoms with E-state index in [-0.39, 0.29) is 11.0 Å². The van der Waals surface area contributed by atoms with Crippen molar-refractivity contribution in [3.63, 3.8) is 0 Å². The van der Waals surface area contributed by atoms with Crippen molar-refractivity contribution in [3.8, 4) is 0 Å². The van der Waals surface area contributed by atoms with Gasteiger partial charge in [-0.15, -0.1) is 0 Å². The van der Waals surface area contributed by atoms with Crippen LogP contribution in [0.1, 0.15) is 64.2 Å². The maximum atomic E-state index is 1.50. The Labute approximate surface area is 75.8 Å². The van der Waals surface area contributed by atoms with Gasteiger partial charge in [0.15, 0.2) is 0 Å². The van der Waals surface area contributed by atoms with Crippen molar-refractivity contribution < 1.29 is 0 Å². The van der Waals surface area contributed by atoms with Gasteiger partial charge in [-0.3, -0.25) is 0 Å². The van der Waals surface area contributed by atoms with Crippen LogP contribution in [-0.4, -0.2) is 11.0 Å². The third-order valence-corrected chi connectivity index (χ3v) is 2.50. The fourth-order valence-corrected chi connectivity index (χ4v) is 1.77. The molecule has 0 amide bonds. The minimum absolute atomic E-state index is 0. The maximum Gasteiger partial charge on any atom is -0.0149 e. The summed E-state index contributed by atoms with van der Waals surface area (Å²) in [5.74, 6) is 0. The summed E-state index contributed by atoms with van der Waals surface area (Å²) in [4.78, 5) is 0. The molecule has 0 nitrogen and oxygen atoms in total. The largest absolute Gasteiger partial charge is 0.0533 e. The molecule has 1 fully saturated rings. The Morgan fingerprint density at radius 2 is 0.364 bits per heavy atom. The molecule has 0 heterocycles. The van der Waals surface area contributed by atoms with Crippen molar-refractivity contribution in [3.05, 3.63) is 0 Å². The Bertz CT molecular complexity index is 38.1. The van der Waals surface area contributed by atoms with Crippen LogP contribution < -0.4 is 0 Å². The van der Waals surface area contributed by atoms with Crippen LogP contribution in [0.4, 0.5) is 0 Å². The second-order valence-corrected chi connectivity index (χ2v) is 3.54. The number of hydrogen-bond donors (Lipinski definition) is 0. The molecule has 1 aliphatic carbocycles. The van der Waals surface area contributed by atoms with E-state index in [1.54, 1.807) is 0 Å².